The Morgan fingerprint density at radius 2 is 1.92 bits per heavy atom. The van der Waals surface area contributed by atoms with Crippen LogP contribution in [0, 0.1) is 17.5 Å². The molecule has 2 aromatic carbocycles. The fourth-order valence-corrected chi connectivity index (χ4v) is 2.20. The number of anilines is 2. The Hall–Kier alpha value is -3.03. The van der Waals surface area contributed by atoms with Gasteiger partial charge >= 0.3 is 0 Å². The highest BCUT2D eigenvalue weighted by Gasteiger charge is 2.20. The number of hydrogen-bond acceptors (Lipinski definition) is 3. The van der Waals surface area contributed by atoms with Crippen LogP contribution in [0.3, 0.4) is 0 Å². The maximum absolute atomic E-state index is 13.6. The van der Waals surface area contributed by atoms with E-state index in [2.05, 4.69) is 10.6 Å². The molecule has 3 rings (SSSR count). The zero-order valence-corrected chi connectivity index (χ0v) is 12.2. The Morgan fingerprint density at radius 3 is 2.71 bits per heavy atom. The van der Waals surface area contributed by atoms with Crippen molar-refractivity contribution in [2.45, 2.75) is 6.42 Å². The number of ether oxygens (including phenoxy) is 1. The van der Waals surface area contributed by atoms with Crippen molar-refractivity contribution in [3.8, 4) is 5.75 Å². The first kappa shape index (κ1) is 15.9. The number of halogens is 3. The molecule has 0 radical (unpaired) electrons. The van der Waals surface area contributed by atoms with Crippen molar-refractivity contribution in [2.24, 2.45) is 0 Å². The van der Waals surface area contributed by atoms with Gasteiger partial charge in [-0.15, -0.1) is 0 Å². The molecule has 1 aliphatic heterocycles. The molecule has 0 unspecified atom stereocenters. The number of hydrogen-bond donors (Lipinski definition) is 2. The minimum Gasteiger partial charge on any atom is -0.491 e. The van der Waals surface area contributed by atoms with E-state index in [4.69, 9.17) is 4.74 Å². The Morgan fingerprint density at radius 1 is 1.12 bits per heavy atom. The summed E-state index contributed by atoms with van der Waals surface area (Å²) < 4.78 is 45.1. The average Bonchev–Trinajstić information content (AvgIpc) is 2.72. The highest BCUT2D eigenvalue weighted by molar-refractivity contribution is 6.05. The van der Waals surface area contributed by atoms with E-state index in [9.17, 15) is 22.8 Å². The van der Waals surface area contributed by atoms with Gasteiger partial charge in [0.05, 0.1) is 24.3 Å². The standard InChI is InChI=1S/C16H11F3N2O3/c17-10-3-2-9(14(18)15(10)19)16(23)20-8-1-4-12-11(7-8)21-13(22)5-6-24-12/h1-4,7H,5-6H2,(H,20,23)(H,21,22). The first-order valence-electron chi connectivity index (χ1n) is 6.97. The molecule has 5 nitrogen and oxygen atoms in total. The first-order chi connectivity index (χ1) is 11.5. The lowest BCUT2D eigenvalue weighted by Gasteiger charge is -2.11. The zero-order valence-electron chi connectivity index (χ0n) is 12.2. The zero-order chi connectivity index (χ0) is 17.3. The van der Waals surface area contributed by atoms with Crippen LogP contribution in [0.4, 0.5) is 24.5 Å². The van der Waals surface area contributed by atoms with Gasteiger partial charge in [0.2, 0.25) is 5.91 Å². The molecule has 0 fully saturated rings. The minimum absolute atomic E-state index is 0.191. The van der Waals surface area contributed by atoms with Crippen LogP contribution in [0.5, 0.6) is 5.75 Å². The van der Waals surface area contributed by atoms with E-state index < -0.39 is 28.9 Å². The molecule has 0 atom stereocenters. The summed E-state index contributed by atoms with van der Waals surface area (Å²) in [5.41, 5.74) is -0.0566. The van der Waals surface area contributed by atoms with Crippen LogP contribution in [0.1, 0.15) is 16.8 Å². The first-order valence-corrected chi connectivity index (χ1v) is 6.97. The second-order valence-corrected chi connectivity index (χ2v) is 5.03. The largest absolute Gasteiger partial charge is 0.491 e. The quantitative estimate of drug-likeness (QED) is 0.828. The molecule has 2 aromatic rings. The van der Waals surface area contributed by atoms with Gasteiger partial charge in [-0.1, -0.05) is 0 Å². The van der Waals surface area contributed by atoms with Gasteiger partial charge in [-0.05, 0) is 30.3 Å². The van der Waals surface area contributed by atoms with Crippen LogP contribution in [-0.4, -0.2) is 18.4 Å². The lowest BCUT2D eigenvalue weighted by atomic mass is 10.1. The number of carbonyl (C=O) groups is 2. The molecule has 0 spiro atoms. The van der Waals surface area contributed by atoms with Crippen LogP contribution in [0.15, 0.2) is 30.3 Å². The van der Waals surface area contributed by atoms with E-state index >= 15 is 0 Å². The molecule has 124 valence electrons. The molecular formula is C16H11F3N2O3. The van der Waals surface area contributed by atoms with Crippen molar-refractivity contribution >= 4 is 23.2 Å². The summed E-state index contributed by atoms with van der Waals surface area (Å²) in [6, 6.07) is 5.94. The van der Waals surface area contributed by atoms with Crippen molar-refractivity contribution in [1.82, 2.24) is 0 Å². The van der Waals surface area contributed by atoms with E-state index in [0.29, 0.717) is 17.5 Å². The number of nitrogens with one attached hydrogen (secondary N) is 2. The van der Waals surface area contributed by atoms with Crippen molar-refractivity contribution in [3.05, 3.63) is 53.3 Å². The number of amides is 2. The molecule has 0 bridgehead atoms. The second-order valence-electron chi connectivity index (χ2n) is 5.03. The van der Waals surface area contributed by atoms with Gasteiger partial charge < -0.3 is 15.4 Å². The van der Waals surface area contributed by atoms with Crippen LogP contribution in [0.25, 0.3) is 0 Å². The van der Waals surface area contributed by atoms with Crippen molar-refractivity contribution in [3.63, 3.8) is 0 Å². The molecule has 1 heterocycles. The number of fused-ring (bicyclic) bond motifs is 1. The summed E-state index contributed by atoms with van der Waals surface area (Å²) in [6.07, 6.45) is 0.191. The van der Waals surface area contributed by atoms with Crippen LogP contribution in [0.2, 0.25) is 0 Å². The van der Waals surface area contributed by atoms with E-state index in [-0.39, 0.29) is 24.6 Å². The summed E-state index contributed by atoms with van der Waals surface area (Å²) in [5, 5.41) is 4.96. The molecule has 0 aromatic heterocycles. The average molecular weight is 336 g/mol. The summed E-state index contributed by atoms with van der Waals surface area (Å²) in [5.74, 6) is -5.44. The molecule has 0 saturated carbocycles. The number of carbonyl (C=O) groups excluding carboxylic acids is 2. The number of rotatable bonds is 2. The molecule has 2 amide bonds. The van der Waals surface area contributed by atoms with Crippen molar-refractivity contribution in [2.75, 3.05) is 17.2 Å². The molecule has 1 aliphatic rings. The molecule has 24 heavy (non-hydrogen) atoms. The van der Waals surface area contributed by atoms with Crippen LogP contribution in [-0.2, 0) is 4.79 Å². The topological polar surface area (TPSA) is 67.4 Å². The van der Waals surface area contributed by atoms with Crippen molar-refractivity contribution in [1.29, 1.82) is 0 Å². The fraction of sp³-hybridized carbons (Fsp3) is 0.125. The Kier molecular flexibility index (Phi) is 4.11. The fourth-order valence-electron chi connectivity index (χ4n) is 2.20. The predicted octanol–water partition coefficient (Wildman–Crippen LogP) is 3.08. The third-order valence-corrected chi connectivity index (χ3v) is 3.38. The monoisotopic (exact) mass is 336 g/mol. The summed E-state index contributed by atoms with van der Waals surface area (Å²) in [7, 11) is 0. The smallest absolute Gasteiger partial charge is 0.258 e. The SMILES string of the molecule is O=C1CCOc2ccc(NC(=O)c3ccc(F)c(F)c3F)cc2N1. The Balaban J connectivity index is 1.85. The Bertz CT molecular complexity index is 840. The Labute approximate surface area is 134 Å². The van der Waals surface area contributed by atoms with E-state index in [1.807, 2.05) is 0 Å². The van der Waals surface area contributed by atoms with Gasteiger partial charge in [0.15, 0.2) is 17.5 Å². The van der Waals surface area contributed by atoms with E-state index in [1.54, 1.807) is 0 Å². The molecular weight excluding hydrogens is 325 g/mol. The molecule has 0 saturated heterocycles. The summed E-state index contributed by atoms with van der Waals surface area (Å²) in [4.78, 5) is 23.5. The minimum atomic E-state index is -1.72. The van der Waals surface area contributed by atoms with Gasteiger partial charge in [0.25, 0.3) is 5.91 Å². The molecule has 2 N–H and O–H groups in total. The van der Waals surface area contributed by atoms with Gasteiger partial charge in [0.1, 0.15) is 5.75 Å². The van der Waals surface area contributed by atoms with E-state index in [0.717, 1.165) is 6.07 Å². The maximum atomic E-state index is 13.6. The van der Waals surface area contributed by atoms with Crippen LogP contribution < -0.4 is 15.4 Å². The highest BCUT2D eigenvalue weighted by atomic mass is 19.2. The van der Waals surface area contributed by atoms with Gasteiger partial charge in [-0.3, -0.25) is 9.59 Å². The summed E-state index contributed by atoms with van der Waals surface area (Å²) in [6.45, 7) is 0.227. The van der Waals surface area contributed by atoms with Crippen LogP contribution >= 0.6 is 0 Å². The van der Waals surface area contributed by atoms with E-state index in [1.165, 1.54) is 18.2 Å². The van der Waals surface area contributed by atoms with Gasteiger partial charge in [-0.25, -0.2) is 13.2 Å². The lowest BCUT2D eigenvalue weighted by Crippen LogP contribution is -2.15. The molecule has 0 aliphatic carbocycles. The second kappa shape index (κ2) is 6.23. The third kappa shape index (κ3) is 3.03. The van der Waals surface area contributed by atoms with Gasteiger partial charge in [-0.2, -0.15) is 0 Å². The highest BCUT2D eigenvalue weighted by Crippen LogP contribution is 2.30. The number of benzene rings is 2. The van der Waals surface area contributed by atoms with Crippen molar-refractivity contribution < 1.29 is 27.5 Å². The predicted molar refractivity (Wildman–Crippen MR) is 79.5 cm³/mol. The maximum Gasteiger partial charge on any atom is 0.258 e. The normalized spacial score (nSPS) is 13.4. The molecule has 8 heteroatoms. The summed E-state index contributed by atoms with van der Waals surface area (Å²) >= 11 is 0. The third-order valence-electron chi connectivity index (χ3n) is 3.38. The lowest BCUT2D eigenvalue weighted by molar-refractivity contribution is -0.116. The van der Waals surface area contributed by atoms with Gasteiger partial charge in [0, 0.05) is 5.69 Å².